The number of imidazole rings is 1. The normalized spacial score (nSPS) is 10.7. The molecule has 23 heavy (non-hydrogen) atoms. The summed E-state index contributed by atoms with van der Waals surface area (Å²) in [6.07, 6.45) is 9.34. The Morgan fingerprint density at radius 2 is 1.96 bits per heavy atom. The van der Waals surface area contributed by atoms with Gasteiger partial charge in [0.2, 0.25) is 0 Å². The van der Waals surface area contributed by atoms with Gasteiger partial charge >= 0.3 is 0 Å². The lowest BCUT2D eigenvalue weighted by Crippen LogP contribution is -2.12. The minimum atomic E-state index is 0.272. The number of unbranched alkanes of at least 4 members (excludes halogenated alkanes) is 1. The number of Topliss-reactive ketones (excluding diaryl/α,β-unsaturated/α-hetero) is 1. The number of ketones is 1. The summed E-state index contributed by atoms with van der Waals surface area (Å²) in [5, 5.41) is 0. The van der Waals surface area contributed by atoms with E-state index in [0.717, 1.165) is 43.5 Å². The van der Waals surface area contributed by atoms with Gasteiger partial charge in [0.05, 0.1) is 20.0 Å². The monoisotopic (exact) mass is 314 g/mol. The van der Waals surface area contributed by atoms with Crippen molar-refractivity contribution in [3.63, 3.8) is 0 Å². The molecule has 0 unspecified atom stereocenters. The van der Waals surface area contributed by atoms with E-state index in [0.29, 0.717) is 13.0 Å². The molecule has 0 bridgehead atoms. The number of benzene rings is 1. The number of ether oxygens (including phenoxy) is 1. The van der Waals surface area contributed by atoms with Crippen LogP contribution in [0.2, 0.25) is 0 Å². The molecule has 0 amide bonds. The van der Waals surface area contributed by atoms with E-state index in [1.54, 1.807) is 13.4 Å². The van der Waals surface area contributed by atoms with Crippen molar-refractivity contribution in [3.05, 3.63) is 48.0 Å². The number of carbonyl (C=O) groups is 1. The highest BCUT2D eigenvalue weighted by molar-refractivity contribution is 5.78. The number of nitrogens with zero attached hydrogens (tertiary/aromatic N) is 2. The van der Waals surface area contributed by atoms with Crippen molar-refractivity contribution >= 4 is 5.78 Å². The van der Waals surface area contributed by atoms with Gasteiger partial charge in [0.15, 0.2) is 5.78 Å². The van der Waals surface area contributed by atoms with Crippen molar-refractivity contribution < 1.29 is 9.53 Å². The van der Waals surface area contributed by atoms with E-state index in [9.17, 15) is 4.79 Å². The third kappa shape index (κ3) is 5.55. The molecule has 0 atom stereocenters. The summed E-state index contributed by atoms with van der Waals surface area (Å²) in [6.45, 7) is 2.62. The Hall–Kier alpha value is -2.10. The van der Waals surface area contributed by atoms with Crippen LogP contribution in [-0.2, 0) is 24.2 Å². The topological polar surface area (TPSA) is 44.1 Å². The van der Waals surface area contributed by atoms with Crippen LogP contribution in [0.5, 0.6) is 5.75 Å². The molecule has 0 saturated heterocycles. The zero-order valence-electron chi connectivity index (χ0n) is 14.1. The third-order valence-corrected chi connectivity index (χ3v) is 4.01. The Balaban J connectivity index is 1.75. The molecule has 0 radical (unpaired) electrons. The summed E-state index contributed by atoms with van der Waals surface area (Å²) < 4.78 is 7.14. The fraction of sp³-hybridized carbons (Fsp3) is 0.474. The van der Waals surface area contributed by atoms with E-state index in [4.69, 9.17) is 4.74 Å². The van der Waals surface area contributed by atoms with Crippen LogP contribution in [0.15, 0.2) is 36.8 Å². The SMILES string of the molecule is CCCCc1cncn1CC(=O)CCCc1ccc(OC)cc1. The summed E-state index contributed by atoms with van der Waals surface area (Å²) >= 11 is 0. The molecule has 4 heteroatoms. The van der Waals surface area contributed by atoms with Gasteiger partial charge in [-0.25, -0.2) is 4.98 Å². The summed E-state index contributed by atoms with van der Waals surface area (Å²) in [5.41, 5.74) is 2.40. The van der Waals surface area contributed by atoms with Crippen LogP contribution < -0.4 is 4.74 Å². The second-order valence-corrected chi connectivity index (χ2v) is 5.86. The third-order valence-electron chi connectivity index (χ3n) is 4.01. The highest BCUT2D eigenvalue weighted by Crippen LogP contribution is 2.13. The Morgan fingerprint density at radius 1 is 1.17 bits per heavy atom. The molecule has 0 fully saturated rings. The maximum absolute atomic E-state index is 12.2. The van der Waals surface area contributed by atoms with Crippen molar-refractivity contribution in [2.24, 2.45) is 0 Å². The van der Waals surface area contributed by atoms with Gasteiger partial charge in [-0.3, -0.25) is 4.79 Å². The molecule has 1 aromatic heterocycles. The van der Waals surface area contributed by atoms with E-state index in [1.165, 1.54) is 5.56 Å². The molecule has 4 nitrogen and oxygen atoms in total. The molecule has 0 N–H and O–H groups in total. The number of carbonyl (C=O) groups excluding carboxylic acids is 1. The summed E-state index contributed by atoms with van der Waals surface area (Å²) in [6, 6.07) is 8.04. The lowest BCUT2D eigenvalue weighted by atomic mass is 10.1. The summed E-state index contributed by atoms with van der Waals surface area (Å²) in [5.74, 6) is 1.14. The summed E-state index contributed by atoms with van der Waals surface area (Å²) in [7, 11) is 1.67. The summed E-state index contributed by atoms with van der Waals surface area (Å²) in [4.78, 5) is 16.3. The number of methoxy groups -OCH3 is 1. The molecule has 0 spiro atoms. The molecule has 2 aromatic rings. The van der Waals surface area contributed by atoms with E-state index in [1.807, 2.05) is 22.9 Å². The van der Waals surface area contributed by atoms with Crippen molar-refractivity contribution in [2.75, 3.05) is 7.11 Å². The molecule has 0 aliphatic carbocycles. The molecule has 124 valence electrons. The molecule has 1 heterocycles. The smallest absolute Gasteiger partial charge is 0.152 e. The van der Waals surface area contributed by atoms with E-state index in [2.05, 4.69) is 24.0 Å². The predicted octanol–water partition coefficient (Wildman–Crippen LogP) is 3.83. The predicted molar refractivity (Wildman–Crippen MR) is 91.8 cm³/mol. The van der Waals surface area contributed by atoms with E-state index >= 15 is 0 Å². The van der Waals surface area contributed by atoms with Crippen molar-refractivity contribution in [2.45, 2.75) is 52.0 Å². The molecule has 0 aliphatic heterocycles. The second-order valence-electron chi connectivity index (χ2n) is 5.86. The molecular formula is C19H26N2O2. The molecular weight excluding hydrogens is 288 g/mol. The van der Waals surface area contributed by atoms with Gasteiger partial charge in [-0.1, -0.05) is 25.5 Å². The highest BCUT2D eigenvalue weighted by atomic mass is 16.5. The first-order valence-corrected chi connectivity index (χ1v) is 8.36. The Morgan fingerprint density at radius 3 is 2.65 bits per heavy atom. The number of aromatic nitrogens is 2. The second kappa shape index (κ2) is 9.13. The van der Waals surface area contributed by atoms with Gasteiger partial charge < -0.3 is 9.30 Å². The fourth-order valence-corrected chi connectivity index (χ4v) is 2.61. The van der Waals surface area contributed by atoms with Gasteiger partial charge in [0.1, 0.15) is 5.75 Å². The minimum absolute atomic E-state index is 0.272. The van der Waals surface area contributed by atoms with Gasteiger partial charge in [-0.2, -0.15) is 0 Å². The van der Waals surface area contributed by atoms with Crippen molar-refractivity contribution in [1.29, 1.82) is 0 Å². The van der Waals surface area contributed by atoms with E-state index < -0.39 is 0 Å². The molecule has 0 aliphatic rings. The quantitative estimate of drug-likeness (QED) is 0.669. The largest absolute Gasteiger partial charge is 0.497 e. The minimum Gasteiger partial charge on any atom is -0.497 e. The molecule has 0 saturated carbocycles. The van der Waals surface area contributed by atoms with E-state index in [-0.39, 0.29) is 5.78 Å². The van der Waals surface area contributed by atoms with Gasteiger partial charge in [-0.15, -0.1) is 0 Å². The molecule has 2 rings (SSSR count). The standard InChI is InChI=1S/C19H26N2O2/c1-3-4-7-17-13-20-15-21(17)14-18(22)8-5-6-16-9-11-19(23-2)12-10-16/h9-13,15H,3-8,14H2,1-2H3. The van der Waals surface area contributed by atoms with Crippen LogP contribution in [0.4, 0.5) is 0 Å². The zero-order valence-corrected chi connectivity index (χ0v) is 14.1. The van der Waals surface area contributed by atoms with Gasteiger partial charge in [0.25, 0.3) is 0 Å². The lowest BCUT2D eigenvalue weighted by molar-refractivity contribution is -0.119. The first-order chi connectivity index (χ1) is 11.2. The number of hydrogen-bond acceptors (Lipinski definition) is 3. The van der Waals surface area contributed by atoms with Crippen molar-refractivity contribution in [3.8, 4) is 5.75 Å². The molecule has 1 aromatic carbocycles. The average molecular weight is 314 g/mol. The first kappa shape index (κ1) is 17.3. The van der Waals surface area contributed by atoms with Crippen LogP contribution in [-0.4, -0.2) is 22.4 Å². The number of hydrogen-bond donors (Lipinski definition) is 0. The van der Waals surface area contributed by atoms with Crippen LogP contribution in [0, 0.1) is 0 Å². The Kier molecular flexibility index (Phi) is 6.85. The number of aryl methyl sites for hydroxylation is 2. The maximum atomic E-state index is 12.2. The van der Waals surface area contributed by atoms with Crippen LogP contribution >= 0.6 is 0 Å². The number of rotatable bonds is 10. The highest BCUT2D eigenvalue weighted by Gasteiger charge is 2.07. The van der Waals surface area contributed by atoms with Crippen LogP contribution in [0.3, 0.4) is 0 Å². The Bertz CT molecular complexity index is 602. The van der Waals surface area contributed by atoms with Gasteiger partial charge in [0, 0.05) is 18.3 Å². The fourth-order valence-electron chi connectivity index (χ4n) is 2.61. The average Bonchev–Trinajstić information content (AvgIpc) is 3.00. The van der Waals surface area contributed by atoms with Crippen molar-refractivity contribution in [1.82, 2.24) is 9.55 Å². The lowest BCUT2D eigenvalue weighted by Gasteiger charge is -2.07. The first-order valence-electron chi connectivity index (χ1n) is 8.36. The zero-order chi connectivity index (χ0) is 16.5. The van der Waals surface area contributed by atoms with Crippen LogP contribution in [0.25, 0.3) is 0 Å². The maximum Gasteiger partial charge on any atom is 0.152 e. The van der Waals surface area contributed by atoms with Gasteiger partial charge in [-0.05, 0) is 43.4 Å². The Labute approximate surface area is 138 Å². The van der Waals surface area contributed by atoms with Crippen LogP contribution in [0.1, 0.15) is 43.9 Å².